The molecule has 0 saturated carbocycles. The molecular formula is C6FeN6O4Os. The summed E-state index contributed by atoms with van der Waals surface area (Å²) in [5, 5.41) is 37.5. The first-order valence-corrected chi connectivity index (χ1v) is 6.07. The third-order valence-corrected chi connectivity index (χ3v) is 0. The Kier molecular flexibility index (Phi) is 759. The Balaban J connectivity index is -0.0000000114. The molecule has 0 amide bonds. The zero-order valence-corrected chi connectivity index (χ0v) is 11.7. The van der Waals surface area contributed by atoms with Crippen LogP contribution in [0.25, 0.3) is 0 Å². The molecule has 0 unspecified atom stereocenters. The van der Waals surface area contributed by atoms with E-state index in [4.69, 9.17) is 85.2 Å². The normalized spacial score (nSPS) is 3.78. The van der Waals surface area contributed by atoms with Crippen LogP contribution < -0.4 is 0 Å². The number of hydrogen-bond donors (Lipinski definition) is 0. The summed E-state index contributed by atoms with van der Waals surface area (Å²) in [7, 11) is 0. The molecule has 0 rings (SSSR count). The third kappa shape index (κ3) is 275. The van der Waals surface area contributed by atoms with Crippen LogP contribution in [-0.4, -0.2) is 0 Å². The molecule has 94 valence electrons. The number of rotatable bonds is 0. The summed E-state index contributed by atoms with van der Waals surface area (Å²) in [5.74, 6) is 0. The molecule has 0 radical (unpaired) electrons. The van der Waals surface area contributed by atoms with Crippen molar-refractivity contribution in [3.63, 3.8) is 0 Å². The summed E-state index contributed by atoms with van der Waals surface area (Å²) in [5.41, 5.74) is 0. The zero-order valence-electron chi connectivity index (χ0n) is 8.02. The predicted molar refractivity (Wildman–Crippen MR) is 32.6 cm³/mol. The van der Waals surface area contributed by atoms with Crippen molar-refractivity contribution in [3.8, 4) is 0 Å². The molecule has 0 aliphatic carbocycles. The average molecular weight is 466 g/mol. The minimum absolute atomic E-state index is 0. The second kappa shape index (κ2) is 233. The van der Waals surface area contributed by atoms with Gasteiger partial charge in [-0.25, -0.2) is 0 Å². The van der Waals surface area contributed by atoms with Crippen LogP contribution in [0.3, 0.4) is 0 Å². The maximum absolute atomic E-state index is 8.63. The molecular weight excluding hydrogens is 466 g/mol. The van der Waals surface area contributed by atoms with Crippen molar-refractivity contribution in [2.75, 3.05) is 0 Å². The summed E-state index contributed by atoms with van der Waals surface area (Å²) >= 11 is -6.06. The van der Waals surface area contributed by atoms with Crippen molar-refractivity contribution in [1.29, 1.82) is 31.6 Å². The van der Waals surface area contributed by atoms with Gasteiger partial charge in [-0.3, -0.25) is 0 Å². The van der Waals surface area contributed by atoms with Gasteiger partial charge in [0.2, 0.25) is 0 Å². The van der Waals surface area contributed by atoms with E-state index in [2.05, 4.69) is 0 Å². The molecule has 0 saturated heterocycles. The van der Waals surface area contributed by atoms with Crippen molar-refractivity contribution in [2.24, 2.45) is 0 Å². The molecule has 12 heteroatoms. The molecule has 0 atom stereocenters. The first-order chi connectivity index (χ1) is 8.00. The van der Waals surface area contributed by atoms with E-state index >= 15 is 0 Å². The Morgan fingerprint density at radius 3 is 0.444 bits per heavy atom. The molecule has 0 N–H and O–H groups in total. The van der Waals surface area contributed by atoms with Crippen LogP contribution in [0, 0.1) is 71.0 Å². The van der Waals surface area contributed by atoms with Crippen LogP contribution in [-0.2, 0) is 46.1 Å². The van der Waals surface area contributed by atoms with Gasteiger partial charge in [-0.15, -0.1) is 0 Å². The molecule has 18 heavy (non-hydrogen) atoms. The standard InChI is InChI=1S/6CN.Fe.4O.Os/c6*1-2;;;;;;/q6*-1;+6;;;;;. The second-order valence-corrected chi connectivity index (χ2v) is 2.89. The van der Waals surface area contributed by atoms with Gasteiger partial charge in [0.05, 0.1) is 0 Å². The van der Waals surface area contributed by atoms with E-state index in [9.17, 15) is 0 Å². The first kappa shape index (κ1) is 58.7. The van der Waals surface area contributed by atoms with Crippen molar-refractivity contribution < 1.29 is 46.1 Å². The third-order valence-electron chi connectivity index (χ3n) is 0. The van der Waals surface area contributed by atoms with Gasteiger partial charge in [0.1, 0.15) is 0 Å². The summed E-state index contributed by atoms with van der Waals surface area (Å²) in [6.07, 6.45) is 0. The fourth-order valence-corrected chi connectivity index (χ4v) is 0. The Hall–Kier alpha value is -2.70. The van der Waals surface area contributed by atoms with E-state index in [1.54, 1.807) is 0 Å². The zero-order chi connectivity index (χ0) is 16.5. The number of hydrogen-bond acceptors (Lipinski definition) is 10. The van der Waals surface area contributed by atoms with Gasteiger partial charge in [-0.1, -0.05) is 0 Å². The van der Waals surface area contributed by atoms with Gasteiger partial charge < -0.3 is 71.0 Å². The van der Waals surface area contributed by atoms with E-state index in [-0.39, 0.29) is 17.1 Å². The van der Waals surface area contributed by atoms with Gasteiger partial charge in [0, 0.05) is 0 Å². The number of nitrogens with zero attached hydrogens (tertiary/aromatic N) is 6. The molecule has 0 spiro atoms. The molecule has 0 aliphatic rings. The minimum atomic E-state index is -6.06. The van der Waals surface area contributed by atoms with Crippen LogP contribution >= 0.6 is 0 Å². The van der Waals surface area contributed by atoms with Crippen LogP contribution in [0.15, 0.2) is 0 Å². The van der Waals surface area contributed by atoms with E-state index < -0.39 is 14.8 Å². The van der Waals surface area contributed by atoms with Crippen molar-refractivity contribution in [3.05, 3.63) is 39.4 Å². The van der Waals surface area contributed by atoms with E-state index in [1.807, 2.05) is 0 Å². The second-order valence-electron chi connectivity index (χ2n) is 0.354. The van der Waals surface area contributed by atoms with E-state index in [0.29, 0.717) is 0 Å². The molecule has 10 nitrogen and oxygen atoms in total. The molecule has 0 fully saturated rings. The van der Waals surface area contributed by atoms with Crippen molar-refractivity contribution >= 4 is 0 Å². The topological polar surface area (TPSA) is 211 Å². The molecule has 0 aliphatic heterocycles. The Morgan fingerprint density at radius 1 is 0.444 bits per heavy atom. The van der Waals surface area contributed by atoms with Gasteiger partial charge in [0.25, 0.3) is 0 Å². The van der Waals surface area contributed by atoms with Crippen LogP contribution in [0.5, 0.6) is 0 Å². The fraction of sp³-hybridized carbons (Fsp3) is 0. The summed E-state index contributed by atoms with van der Waals surface area (Å²) < 4.78 is 34.5. The Bertz CT molecular complexity index is 351. The molecule has 0 heterocycles. The van der Waals surface area contributed by atoms with E-state index in [0.717, 1.165) is 0 Å². The SMILES string of the molecule is [C-]#N.[C-]#N.[C-]#N.[C-]#N.[C-]#N.[C-]#N.[Fe+6].[O]=[Os](=[O])(=[O])=[O]. The quantitative estimate of drug-likeness (QED) is 0.347. The van der Waals surface area contributed by atoms with Crippen molar-refractivity contribution in [2.45, 2.75) is 0 Å². The van der Waals surface area contributed by atoms with Gasteiger partial charge >= 0.3 is 46.1 Å². The summed E-state index contributed by atoms with van der Waals surface area (Å²) in [6, 6.07) is 0. The molecule has 0 aromatic carbocycles. The van der Waals surface area contributed by atoms with E-state index in [1.165, 1.54) is 0 Å². The molecule has 0 aromatic rings. The van der Waals surface area contributed by atoms with Crippen LogP contribution in [0.4, 0.5) is 0 Å². The van der Waals surface area contributed by atoms with Gasteiger partial charge in [0.15, 0.2) is 0 Å². The van der Waals surface area contributed by atoms with Crippen molar-refractivity contribution in [1.82, 2.24) is 0 Å². The average Bonchev–Trinajstić information content (AvgIpc) is 2.41. The van der Waals surface area contributed by atoms with Gasteiger partial charge in [-0.05, 0) is 0 Å². The van der Waals surface area contributed by atoms with Crippen LogP contribution in [0.2, 0.25) is 0 Å². The first-order valence-electron chi connectivity index (χ1n) is 1.92. The molecule has 0 aromatic heterocycles. The summed E-state index contributed by atoms with van der Waals surface area (Å²) in [6.45, 7) is 28.5. The van der Waals surface area contributed by atoms with Gasteiger partial charge in [-0.2, -0.15) is 0 Å². The summed E-state index contributed by atoms with van der Waals surface area (Å²) in [4.78, 5) is 0. The molecule has 0 bridgehead atoms. The monoisotopic (exact) mass is 468 g/mol. The van der Waals surface area contributed by atoms with Crippen LogP contribution in [0.1, 0.15) is 0 Å². The Morgan fingerprint density at radius 2 is 0.444 bits per heavy atom. The maximum atomic E-state index is 8.63. The fourth-order valence-electron chi connectivity index (χ4n) is 0. The predicted octanol–water partition coefficient (Wildman–Crippen LogP) is 0.0980. The Labute approximate surface area is 117 Å².